The minimum atomic E-state index is -0.267. The number of carbonyl (C=O) groups is 1. The van der Waals surface area contributed by atoms with Gasteiger partial charge in [-0.1, -0.05) is 19.1 Å². The summed E-state index contributed by atoms with van der Waals surface area (Å²) in [6.45, 7) is 5.09. The van der Waals surface area contributed by atoms with E-state index < -0.39 is 0 Å². The Morgan fingerprint density at radius 1 is 1.42 bits per heavy atom. The van der Waals surface area contributed by atoms with Crippen LogP contribution in [0.5, 0.6) is 5.75 Å². The highest BCUT2D eigenvalue weighted by atomic mass is 16.5. The molecule has 0 saturated carbocycles. The van der Waals surface area contributed by atoms with E-state index in [0.717, 1.165) is 0 Å². The molecule has 1 rings (SSSR count). The van der Waals surface area contributed by atoms with Gasteiger partial charge in [0.2, 0.25) is 0 Å². The molecule has 1 aromatic carbocycles. The molecule has 0 heterocycles. The van der Waals surface area contributed by atoms with Crippen LogP contribution in [0, 0.1) is 5.92 Å². The average molecular weight is 266 g/mol. The van der Waals surface area contributed by atoms with E-state index in [0.29, 0.717) is 31.0 Å². The SMILES string of the molecule is CCOc1ccccc1NC(=O)NCC(C)CCO. The van der Waals surface area contributed by atoms with Crippen LogP contribution in [0.15, 0.2) is 24.3 Å². The van der Waals surface area contributed by atoms with Gasteiger partial charge >= 0.3 is 6.03 Å². The maximum atomic E-state index is 11.7. The maximum Gasteiger partial charge on any atom is 0.319 e. The molecule has 1 atom stereocenters. The highest BCUT2D eigenvalue weighted by Crippen LogP contribution is 2.23. The number of para-hydroxylation sites is 2. The van der Waals surface area contributed by atoms with Crippen LogP contribution in [0.1, 0.15) is 20.3 Å². The first-order valence-electron chi connectivity index (χ1n) is 6.55. The molecule has 5 nitrogen and oxygen atoms in total. The van der Waals surface area contributed by atoms with Crippen LogP contribution in [-0.2, 0) is 0 Å². The Balaban J connectivity index is 2.48. The minimum Gasteiger partial charge on any atom is -0.492 e. The van der Waals surface area contributed by atoms with Crippen LogP contribution in [0.2, 0.25) is 0 Å². The van der Waals surface area contributed by atoms with Crippen LogP contribution < -0.4 is 15.4 Å². The van der Waals surface area contributed by atoms with Gasteiger partial charge in [-0.15, -0.1) is 0 Å². The number of aliphatic hydroxyl groups excluding tert-OH is 1. The van der Waals surface area contributed by atoms with Gasteiger partial charge < -0.3 is 20.5 Å². The standard InChI is InChI=1S/C14H22N2O3/c1-3-19-13-7-5-4-6-12(13)16-14(18)15-10-11(2)8-9-17/h4-7,11,17H,3,8-10H2,1-2H3,(H2,15,16,18). The molecule has 0 fully saturated rings. The van der Waals surface area contributed by atoms with Crippen molar-refractivity contribution in [2.45, 2.75) is 20.3 Å². The quantitative estimate of drug-likeness (QED) is 0.708. The summed E-state index contributed by atoms with van der Waals surface area (Å²) in [6.07, 6.45) is 0.676. The second kappa shape index (κ2) is 8.37. The number of urea groups is 1. The van der Waals surface area contributed by atoms with Gasteiger partial charge in [-0.05, 0) is 31.4 Å². The molecule has 0 bridgehead atoms. The third kappa shape index (κ3) is 5.61. The van der Waals surface area contributed by atoms with Crippen molar-refractivity contribution in [2.24, 2.45) is 5.92 Å². The summed E-state index contributed by atoms with van der Waals surface area (Å²) in [5.74, 6) is 0.904. The Hall–Kier alpha value is -1.75. The summed E-state index contributed by atoms with van der Waals surface area (Å²) in [5, 5.41) is 14.3. The summed E-state index contributed by atoms with van der Waals surface area (Å²) in [5.41, 5.74) is 0.650. The monoisotopic (exact) mass is 266 g/mol. The fourth-order valence-corrected chi connectivity index (χ4v) is 1.61. The molecule has 2 amide bonds. The molecule has 5 heteroatoms. The number of carbonyl (C=O) groups excluding carboxylic acids is 1. The Morgan fingerprint density at radius 3 is 2.84 bits per heavy atom. The Labute approximate surface area is 114 Å². The van der Waals surface area contributed by atoms with E-state index in [1.165, 1.54) is 0 Å². The molecule has 1 unspecified atom stereocenters. The first-order valence-corrected chi connectivity index (χ1v) is 6.55. The van der Waals surface area contributed by atoms with Crippen LogP contribution >= 0.6 is 0 Å². The van der Waals surface area contributed by atoms with Gasteiger partial charge in [-0.25, -0.2) is 4.79 Å². The molecule has 0 saturated heterocycles. The van der Waals surface area contributed by atoms with Crippen LogP contribution in [0.3, 0.4) is 0 Å². The molecule has 0 radical (unpaired) electrons. The molecule has 0 aliphatic rings. The summed E-state index contributed by atoms with van der Waals surface area (Å²) in [6, 6.07) is 7.04. The van der Waals surface area contributed by atoms with E-state index in [1.807, 2.05) is 32.0 Å². The lowest BCUT2D eigenvalue weighted by molar-refractivity contribution is 0.243. The van der Waals surface area contributed by atoms with Crippen molar-refractivity contribution in [3.05, 3.63) is 24.3 Å². The van der Waals surface area contributed by atoms with E-state index in [2.05, 4.69) is 10.6 Å². The maximum absolute atomic E-state index is 11.7. The number of amides is 2. The topological polar surface area (TPSA) is 70.6 Å². The zero-order valence-electron chi connectivity index (χ0n) is 11.5. The molecular weight excluding hydrogens is 244 g/mol. The fraction of sp³-hybridized carbons (Fsp3) is 0.500. The molecule has 106 valence electrons. The second-order valence-electron chi connectivity index (χ2n) is 4.38. The molecule has 0 aromatic heterocycles. The number of aliphatic hydroxyl groups is 1. The van der Waals surface area contributed by atoms with E-state index >= 15 is 0 Å². The van der Waals surface area contributed by atoms with Crippen LogP contribution in [0.25, 0.3) is 0 Å². The summed E-state index contributed by atoms with van der Waals surface area (Å²) in [4.78, 5) is 11.7. The van der Waals surface area contributed by atoms with Crippen molar-refractivity contribution in [3.8, 4) is 5.75 Å². The molecule has 1 aromatic rings. The fourth-order valence-electron chi connectivity index (χ4n) is 1.61. The predicted molar refractivity (Wildman–Crippen MR) is 75.5 cm³/mol. The third-order valence-corrected chi connectivity index (χ3v) is 2.67. The van der Waals surface area contributed by atoms with Crippen molar-refractivity contribution in [1.29, 1.82) is 0 Å². The number of benzene rings is 1. The summed E-state index contributed by atoms with van der Waals surface area (Å²) >= 11 is 0. The molecule has 3 N–H and O–H groups in total. The average Bonchev–Trinajstić information content (AvgIpc) is 2.39. The number of anilines is 1. The first-order chi connectivity index (χ1) is 9.17. The number of ether oxygens (including phenoxy) is 1. The first kappa shape index (κ1) is 15.3. The van der Waals surface area contributed by atoms with E-state index in [4.69, 9.17) is 9.84 Å². The highest BCUT2D eigenvalue weighted by molar-refractivity contribution is 5.90. The molecule has 0 aliphatic heterocycles. The number of nitrogens with one attached hydrogen (secondary N) is 2. The summed E-state index contributed by atoms with van der Waals surface area (Å²) in [7, 11) is 0. The minimum absolute atomic E-state index is 0.137. The zero-order chi connectivity index (χ0) is 14.1. The lowest BCUT2D eigenvalue weighted by Gasteiger charge is -2.14. The Bertz CT molecular complexity index is 396. The number of rotatable bonds is 7. The largest absolute Gasteiger partial charge is 0.492 e. The number of hydrogen-bond acceptors (Lipinski definition) is 3. The van der Waals surface area contributed by atoms with Gasteiger partial charge in [0.25, 0.3) is 0 Å². The normalized spacial score (nSPS) is 11.7. The van der Waals surface area contributed by atoms with Gasteiger partial charge in [-0.3, -0.25) is 0 Å². The van der Waals surface area contributed by atoms with Gasteiger partial charge in [0, 0.05) is 13.2 Å². The number of hydrogen-bond donors (Lipinski definition) is 3. The van der Waals surface area contributed by atoms with E-state index in [9.17, 15) is 4.79 Å². The third-order valence-electron chi connectivity index (χ3n) is 2.67. The van der Waals surface area contributed by atoms with E-state index in [1.54, 1.807) is 6.07 Å². The lowest BCUT2D eigenvalue weighted by atomic mass is 10.1. The van der Waals surface area contributed by atoms with Crippen LogP contribution in [0.4, 0.5) is 10.5 Å². The molecule has 19 heavy (non-hydrogen) atoms. The summed E-state index contributed by atoms with van der Waals surface area (Å²) < 4.78 is 5.43. The predicted octanol–water partition coefficient (Wildman–Crippen LogP) is 2.23. The highest BCUT2D eigenvalue weighted by Gasteiger charge is 2.08. The lowest BCUT2D eigenvalue weighted by Crippen LogP contribution is -2.32. The van der Waals surface area contributed by atoms with Gasteiger partial charge in [0.15, 0.2) is 0 Å². The van der Waals surface area contributed by atoms with Crippen molar-refractivity contribution in [3.63, 3.8) is 0 Å². The van der Waals surface area contributed by atoms with Crippen molar-refractivity contribution in [1.82, 2.24) is 5.32 Å². The molecular formula is C14H22N2O3. The van der Waals surface area contributed by atoms with Crippen LogP contribution in [-0.4, -0.2) is 30.9 Å². The molecule has 0 spiro atoms. The Morgan fingerprint density at radius 2 is 2.16 bits per heavy atom. The Kier molecular flexibility index (Phi) is 6.74. The van der Waals surface area contributed by atoms with Crippen molar-refractivity contribution < 1.29 is 14.6 Å². The van der Waals surface area contributed by atoms with Gasteiger partial charge in [-0.2, -0.15) is 0 Å². The van der Waals surface area contributed by atoms with Gasteiger partial charge in [0.05, 0.1) is 12.3 Å². The van der Waals surface area contributed by atoms with Gasteiger partial charge in [0.1, 0.15) is 5.75 Å². The second-order valence-corrected chi connectivity index (χ2v) is 4.38. The zero-order valence-corrected chi connectivity index (χ0v) is 11.5. The van der Waals surface area contributed by atoms with Crippen molar-refractivity contribution >= 4 is 11.7 Å². The smallest absolute Gasteiger partial charge is 0.319 e. The van der Waals surface area contributed by atoms with E-state index in [-0.39, 0.29) is 18.6 Å². The molecule has 0 aliphatic carbocycles. The van der Waals surface area contributed by atoms with Crippen molar-refractivity contribution in [2.75, 3.05) is 25.1 Å².